The molecule has 0 aliphatic carbocycles. The van der Waals surface area contributed by atoms with Gasteiger partial charge in [0.2, 0.25) is 0 Å². The minimum absolute atomic E-state index is 0.283. The first kappa shape index (κ1) is 19.4. The number of carbonyl (C=O) groups excluding carboxylic acids is 1. The van der Waals surface area contributed by atoms with Crippen molar-refractivity contribution >= 4 is 23.1 Å². The molecule has 1 heterocycles. The van der Waals surface area contributed by atoms with Crippen LogP contribution in [0.3, 0.4) is 0 Å². The topological polar surface area (TPSA) is 76.1 Å². The van der Waals surface area contributed by atoms with Crippen molar-refractivity contribution in [1.29, 1.82) is 0 Å². The summed E-state index contributed by atoms with van der Waals surface area (Å²) in [7, 11) is 0. The van der Waals surface area contributed by atoms with E-state index in [0.29, 0.717) is 29.7 Å². The number of nitrogens with one attached hydrogen (secondary N) is 2. The van der Waals surface area contributed by atoms with Crippen LogP contribution in [-0.4, -0.2) is 22.5 Å². The average molecular weight is 376 g/mol. The summed E-state index contributed by atoms with van der Waals surface area (Å²) in [6.07, 6.45) is 0. The minimum atomic E-state index is -0.318. The number of nitrogens with zero attached hydrogens (tertiary/aromatic N) is 2. The third-order valence-corrected chi connectivity index (χ3v) is 4.00. The second-order valence-electron chi connectivity index (χ2n) is 6.57. The number of aryl methyl sites for hydroxylation is 3. The minimum Gasteiger partial charge on any atom is -0.492 e. The maximum atomic E-state index is 12.8. The van der Waals surface area contributed by atoms with Gasteiger partial charge in [-0.3, -0.25) is 4.79 Å². The Morgan fingerprint density at radius 3 is 2.43 bits per heavy atom. The van der Waals surface area contributed by atoms with E-state index in [-0.39, 0.29) is 11.6 Å². The van der Waals surface area contributed by atoms with Crippen molar-refractivity contribution in [2.24, 2.45) is 0 Å². The van der Waals surface area contributed by atoms with Crippen LogP contribution >= 0.6 is 0 Å². The molecule has 1 aromatic heterocycles. The molecular formula is C22H24N4O2. The number of aromatic nitrogens is 2. The van der Waals surface area contributed by atoms with Gasteiger partial charge in [0, 0.05) is 11.8 Å². The van der Waals surface area contributed by atoms with E-state index in [1.54, 1.807) is 19.1 Å². The van der Waals surface area contributed by atoms with Crippen molar-refractivity contribution in [3.63, 3.8) is 0 Å². The molecule has 0 unspecified atom stereocenters. The number of hydrogen-bond donors (Lipinski definition) is 2. The number of carbonyl (C=O) groups is 1. The van der Waals surface area contributed by atoms with E-state index >= 15 is 0 Å². The van der Waals surface area contributed by atoms with Gasteiger partial charge in [0.05, 0.1) is 12.3 Å². The zero-order chi connectivity index (χ0) is 20.1. The molecule has 0 radical (unpaired) electrons. The molecule has 6 nitrogen and oxygen atoms in total. The van der Waals surface area contributed by atoms with Crippen molar-refractivity contribution in [2.75, 3.05) is 17.2 Å². The van der Waals surface area contributed by atoms with Gasteiger partial charge in [0.25, 0.3) is 5.91 Å². The number of hydrogen-bond acceptors (Lipinski definition) is 5. The zero-order valence-corrected chi connectivity index (χ0v) is 16.5. The number of benzene rings is 2. The number of para-hydroxylation sites is 2. The molecule has 6 heteroatoms. The number of rotatable bonds is 6. The summed E-state index contributed by atoms with van der Waals surface area (Å²) in [6, 6.07) is 15.1. The van der Waals surface area contributed by atoms with Gasteiger partial charge in [-0.05, 0) is 63.1 Å². The highest BCUT2D eigenvalue weighted by molar-refractivity contribution is 6.04. The fourth-order valence-corrected chi connectivity index (χ4v) is 2.98. The standard InChI is InChI=1S/C22H24N4O2/c1-5-28-20-9-7-6-8-18(20)26-22(27)19-13-21(24-16(4)23-19)25-17-11-14(2)10-15(3)12-17/h6-13H,5H2,1-4H3,(H,26,27)(H,23,24,25). The van der Waals surface area contributed by atoms with Gasteiger partial charge in [-0.2, -0.15) is 0 Å². The van der Waals surface area contributed by atoms with Gasteiger partial charge < -0.3 is 15.4 Å². The lowest BCUT2D eigenvalue weighted by Crippen LogP contribution is -2.16. The van der Waals surface area contributed by atoms with Crippen LogP contribution in [-0.2, 0) is 0 Å². The molecule has 0 aliphatic rings. The number of anilines is 3. The summed E-state index contributed by atoms with van der Waals surface area (Å²) in [5.41, 5.74) is 4.11. The van der Waals surface area contributed by atoms with Gasteiger partial charge in [-0.25, -0.2) is 9.97 Å². The lowest BCUT2D eigenvalue weighted by molar-refractivity contribution is 0.102. The fraction of sp³-hybridized carbons (Fsp3) is 0.227. The van der Waals surface area contributed by atoms with Crippen molar-refractivity contribution < 1.29 is 9.53 Å². The molecule has 2 N–H and O–H groups in total. The Balaban J connectivity index is 1.84. The van der Waals surface area contributed by atoms with Gasteiger partial charge in [0.1, 0.15) is 23.1 Å². The second kappa shape index (κ2) is 8.52. The third-order valence-electron chi connectivity index (χ3n) is 4.00. The van der Waals surface area contributed by atoms with E-state index in [0.717, 1.165) is 16.8 Å². The Labute approximate surface area is 165 Å². The summed E-state index contributed by atoms with van der Waals surface area (Å²) in [5.74, 6) is 1.39. The van der Waals surface area contributed by atoms with E-state index in [4.69, 9.17) is 4.74 Å². The van der Waals surface area contributed by atoms with Crippen LogP contribution in [0.25, 0.3) is 0 Å². The first-order valence-electron chi connectivity index (χ1n) is 9.19. The van der Waals surface area contributed by atoms with Gasteiger partial charge in [-0.1, -0.05) is 18.2 Å². The van der Waals surface area contributed by atoms with Crippen molar-refractivity contribution in [3.05, 3.63) is 71.2 Å². The Morgan fingerprint density at radius 2 is 1.71 bits per heavy atom. The summed E-state index contributed by atoms with van der Waals surface area (Å²) in [6.45, 7) is 8.26. The smallest absolute Gasteiger partial charge is 0.274 e. The van der Waals surface area contributed by atoms with Crippen molar-refractivity contribution in [3.8, 4) is 5.75 Å². The molecule has 3 aromatic rings. The highest BCUT2D eigenvalue weighted by Gasteiger charge is 2.13. The van der Waals surface area contributed by atoms with Crippen LogP contribution < -0.4 is 15.4 Å². The maximum Gasteiger partial charge on any atom is 0.274 e. The molecule has 0 saturated carbocycles. The first-order valence-corrected chi connectivity index (χ1v) is 9.19. The lowest BCUT2D eigenvalue weighted by atomic mass is 10.1. The van der Waals surface area contributed by atoms with Crippen LogP contribution in [0.2, 0.25) is 0 Å². The molecule has 28 heavy (non-hydrogen) atoms. The van der Waals surface area contributed by atoms with E-state index in [1.165, 1.54) is 0 Å². The second-order valence-corrected chi connectivity index (χ2v) is 6.57. The van der Waals surface area contributed by atoms with E-state index in [9.17, 15) is 4.79 Å². The SMILES string of the molecule is CCOc1ccccc1NC(=O)c1cc(Nc2cc(C)cc(C)c2)nc(C)n1. The molecule has 2 aromatic carbocycles. The molecule has 3 rings (SSSR count). The van der Waals surface area contributed by atoms with Gasteiger partial charge in [0.15, 0.2) is 0 Å². The monoisotopic (exact) mass is 376 g/mol. The molecule has 0 spiro atoms. The van der Waals surface area contributed by atoms with Crippen LogP contribution in [0.15, 0.2) is 48.5 Å². The van der Waals surface area contributed by atoms with Crippen LogP contribution in [0.1, 0.15) is 34.4 Å². The summed E-state index contributed by atoms with van der Waals surface area (Å²) < 4.78 is 5.56. The normalized spacial score (nSPS) is 10.4. The Kier molecular flexibility index (Phi) is 5.89. The Hall–Kier alpha value is -3.41. The lowest BCUT2D eigenvalue weighted by Gasteiger charge is -2.12. The van der Waals surface area contributed by atoms with Gasteiger partial charge in [-0.15, -0.1) is 0 Å². The zero-order valence-electron chi connectivity index (χ0n) is 16.5. The molecule has 0 bridgehead atoms. The summed E-state index contributed by atoms with van der Waals surface area (Å²) in [4.78, 5) is 21.4. The fourth-order valence-electron chi connectivity index (χ4n) is 2.98. The third kappa shape index (κ3) is 4.85. The molecule has 144 valence electrons. The molecule has 0 aliphatic heterocycles. The highest BCUT2D eigenvalue weighted by Crippen LogP contribution is 2.25. The Bertz CT molecular complexity index is 981. The maximum absolute atomic E-state index is 12.8. The number of amides is 1. The molecule has 0 fully saturated rings. The average Bonchev–Trinajstić information content (AvgIpc) is 2.62. The molecule has 1 amide bonds. The molecular weight excluding hydrogens is 352 g/mol. The Morgan fingerprint density at radius 1 is 1.00 bits per heavy atom. The predicted molar refractivity (Wildman–Crippen MR) is 112 cm³/mol. The van der Waals surface area contributed by atoms with Crippen molar-refractivity contribution in [1.82, 2.24) is 9.97 Å². The van der Waals surface area contributed by atoms with E-state index in [2.05, 4.69) is 26.7 Å². The van der Waals surface area contributed by atoms with Crippen molar-refractivity contribution in [2.45, 2.75) is 27.7 Å². The largest absolute Gasteiger partial charge is 0.492 e. The van der Waals surface area contributed by atoms with Crippen LogP contribution in [0, 0.1) is 20.8 Å². The van der Waals surface area contributed by atoms with Gasteiger partial charge >= 0.3 is 0 Å². The van der Waals surface area contributed by atoms with Crippen LogP contribution in [0.4, 0.5) is 17.2 Å². The number of ether oxygens (including phenoxy) is 1. The molecule has 0 atom stereocenters. The summed E-state index contributed by atoms with van der Waals surface area (Å²) in [5, 5.41) is 6.13. The quantitative estimate of drug-likeness (QED) is 0.646. The predicted octanol–water partition coefficient (Wildman–Crippen LogP) is 4.80. The summed E-state index contributed by atoms with van der Waals surface area (Å²) >= 11 is 0. The first-order chi connectivity index (χ1) is 13.4. The van der Waals surface area contributed by atoms with E-state index < -0.39 is 0 Å². The highest BCUT2D eigenvalue weighted by atomic mass is 16.5. The molecule has 0 saturated heterocycles. The van der Waals surface area contributed by atoms with Crippen LogP contribution in [0.5, 0.6) is 5.75 Å². The van der Waals surface area contributed by atoms with E-state index in [1.807, 2.05) is 51.1 Å².